The number of hydrogen-bond acceptors (Lipinski definition) is 2. The molecule has 0 spiro atoms. The van der Waals surface area contributed by atoms with Crippen LogP contribution in [0.15, 0.2) is 18.2 Å². The number of aliphatic hydroxyl groups excluding tert-OH is 1. The summed E-state index contributed by atoms with van der Waals surface area (Å²) < 4.78 is 5.64. The van der Waals surface area contributed by atoms with Gasteiger partial charge >= 0.3 is 0 Å². The van der Waals surface area contributed by atoms with Crippen molar-refractivity contribution < 1.29 is 9.84 Å². The summed E-state index contributed by atoms with van der Waals surface area (Å²) in [6.45, 7) is 4.30. The third-order valence-corrected chi connectivity index (χ3v) is 4.62. The third kappa shape index (κ3) is 3.01. The van der Waals surface area contributed by atoms with Crippen LogP contribution in [0.1, 0.15) is 62.3 Å². The SMILES string of the molecule is CCc1ccc(CC)c(C(O)CC2(OC)CCC2)c1. The zero-order chi connectivity index (χ0) is 13.9. The molecule has 1 aromatic carbocycles. The van der Waals surface area contributed by atoms with Gasteiger partial charge in [-0.05, 0) is 48.8 Å². The van der Waals surface area contributed by atoms with Gasteiger partial charge < -0.3 is 9.84 Å². The van der Waals surface area contributed by atoms with Crippen molar-refractivity contribution in [1.29, 1.82) is 0 Å². The Labute approximate surface area is 116 Å². The van der Waals surface area contributed by atoms with E-state index in [0.717, 1.165) is 37.7 Å². The summed E-state index contributed by atoms with van der Waals surface area (Å²) >= 11 is 0. The molecule has 1 aliphatic rings. The number of benzene rings is 1. The molecule has 0 aromatic heterocycles. The van der Waals surface area contributed by atoms with E-state index >= 15 is 0 Å². The summed E-state index contributed by atoms with van der Waals surface area (Å²) in [7, 11) is 1.77. The summed E-state index contributed by atoms with van der Waals surface area (Å²) in [5.41, 5.74) is 3.58. The molecule has 1 unspecified atom stereocenters. The number of methoxy groups -OCH3 is 1. The lowest BCUT2D eigenvalue weighted by Crippen LogP contribution is -2.40. The van der Waals surface area contributed by atoms with Gasteiger partial charge in [0.15, 0.2) is 0 Å². The predicted molar refractivity (Wildman–Crippen MR) is 78.4 cm³/mol. The second kappa shape index (κ2) is 6.06. The molecule has 1 saturated carbocycles. The van der Waals surface area contributed by atoms with E-state index in [1.807, 2.05) is 0 Å². The molecule has 1 N–H and O–H groups in total. The van der Waals surface area contributed by atoms with Crippen LogP contribution in [-0.4, -0.2) is 17.8 Å². The van der Waals surface area contributed by atoms with E-state index in [1.54, 1.807) is 7.11 Å². The van der Waals surface area contributed by atoms with Crippen LogP contribution in [0.5, 0.6) is 0 Å². The normalized spacial score (nSPS) is 18.9. The smallest absolute Gasteiger partial charge is 0.0820 e. The maximum atomic E-state index is 10.6. The van der Waals surface area contributed by atoms with Crippen LogP contribution in [0.3, 0.4) is 0 Å². The molecule has 1 aliphatic carbocycles. The molecule has 0 radical (unpaired) electrons. The Morgan fingerprint density at radius 3 is 2.47 bits per heavy atom. The molecule has 2 rings (SSSR count). The van der Waals surface area contributed by atoms with Crippen LogP contribution in [0.2, 0.25) is 0 Å². The fourth-order valence-electron chi connectivity index (χ4n) is 3.02. The van der Waals surface area contributed by atoms with Crippen LogP contribution in [0.25, 0.3) is 0 Å². The summed E-state index contributed by atoms with van der Waals surface area (Å²) in [6.07, 6.45) is 5.68. The number of aliphatic hydroxyl groups is 1. The van der Waals surface area contributed by atoms with Crippen LogP contribution < -0.4 is 0 Å². The highest BCUT2D eigenvalue weighted by atomic mass is 16.5. The molecule has 2 nitrogen and oxygen atoms in total. The van der Waals surface area contributed by atoms with E-state index in [0.29, 0.717) is 0 Å². The van der Waals surface area contributed by atoms with Crippen molar-refractivity contribution in [3.63, 3.8) is 0 Å². The minimum atomic E-state index is -0.401. The largest absolute Gasteiger partial charge is 0.388 e. The van der Waals surface area contributed by atoms with Crippen molar-refractivity contribution >= 4 is 0 Å². The van der Waals surface area contributed by atoms with E-state index in [4.69, 9.17) is 4.74 Å². The van der Waals surface area contributed by atoms with Gasteiger partial charge in [0.1, 0.15) is 0 Å². The van der Waals surface area contributed by atoms with Crippen LogP contribution in [0, 0.1) is 0 Å². The van der Waals surface area contributed by atoms with Gasteiger partial charge in [0.2, 0.25) is 0 Å². The number of rotatable bonds is 6. The molecule has 0 amide bonds. The molecule has 1 fully saturated rings. The van der Waals surface area contributed by atoms with Crippen LogP contribution in [-0.2, 0) is 17.6 Å². The minimum Gasteiger partial charge on any atom is -0.388 e. The van der Waals surface area contributed by atoms with E-state index < -0.39 is 6.10 Å². The van der Waals surface area contributed by atoms with Gasteiger partial charge in [0, 0.05) is 13.5 Å². The molecule has 2 heteroatoms. The van der Waals surface area contributed by atoms with Gasteiger partial charge in [-0.1, -0.05) is 32.0 Å². The quantitative estimate of drug-likeness (QED) is 0.845. The van der Waals surface area contributed by atoms with Gasteiger partial charge in [0.05, 0.1) is 11.7 Å². The van der Waals surface area contributed by atoms with E-state index in [1.165, 1.54) is 17.5 Å². The van der Waals surface area contributed by atoms with E-state index in [2.05, 4.69) is 32.0 Å². The fraction of sp³-hybridized carbons (Fsp3) is 0.647. The summed E-state index contributed by atoms with van der Waals surface area (Å²) in [5.74, 6) is 0. The van der Waals surface area contributed by atoms with Crippen molar-refractivity contribution in [2.45, 2.75) is 64.1 Å². The lowest BCUT2D eigenvalue weighted by molar-refractivity contribution is -0.1000. The van der Waals surface area contributed by atoms with E-state index in [9.17, 15) is 5.11 Å². The van der Waals surface area contributed by atoms with Gasteiger partial charge in [-0.3, -0.25) is 0 Å². The third-order valence-electron chi connectivity index (χ3n) is 4.62. The van der Waals surface area contributed by atoms with Crippen molar-refractivity contribution in [1.82, 2.24) is 0 Å². The first-order chi connectivity index (χ1) is 9.14. The van der Waals surface area contributed by atoms with Gasteiger partial charge in [-0.25, -0.2) is 0 Å². The minimum absolute atomic E-state index is 0.0767. The average Bonchev–Trinajstić information content (AvgIpc) is 2.41. The Morgan fingerprint density at radius 1 is 1.26 bits per heavy atom. The number of hydrogen-bond donors (Lipinski definition) is 1. The predicted octanol–water partition coefficient (Wildman–Crippen LogP) is 3.80. The maximum absolute atomic E-state index is 10.6. The summed E-state index contributed by atoms with van der Waals surface area (Å²) in [4.78, 5) is 0. The molecule has 1 atom stereocenters. The van der Waals surface area contributed by atoms with Crippen molar-refractivity contribution in [3.05, 3.63) is 34.9 Å². The van der Waals surface area contributed by atoms with Crippen molar-refractivity contribution in [3.8, 4) is 0 Å². The topological polar surface area (TPSA) is 29.5 Å². The first-order valence-corrected chi connectivity index (χ1v) is 7.49. The highest BCUT2D eigenvalue weighted by Gasteiger charge is 2.39. The Hall–Kier alpha value is -0.860. The van der Waals surface area contributed by atoms with Crippen LogP contribution in [0.4, 0.5) is 0 Å². The average molecular weight is 262 g/mol. The van der Waals surface area contributed by atoms with E-state index in [-0.39, 0.29) is 5.60 Å². The number of aryl methyl sites for hydroxylation is 2. The Balaban J connectivity index is 2.19. The number of ether oxygens (including phenoxy) is 1. The zero-order valence-electron chi connectivity index (χ0n) is 12.4. The lowest BCUT2D eigenvalue weighted by atomic mass is 9.75. The molecule has 0 heterocycles. The summed E-state index contributed by atoms with van der Waals surface area (Å²) in [6, 6.07) is 6.51. The fourth-order valence-corrected chi connectivity index (χ4v) is 3.02. The lowest BCUT2D eigenvalue weighted by Gasteiger charge is -2.42. The molecular weight excluding hydrogens is 236 g/mol. The molecule has 19 heavy (non-hydrogen) atoms. The highest BCUT2D eigenvalue weighted by molar-refractivity contribution is 5.34. The summed E-state index contributed by atoms with van der Waals surface area (Å²) in [5, 5.41) is 10.6. The monoisotopic (exact) mass is 262 g/mol. The van der Waals surface area contributed by atoms with Gasteiger partial charge in [-0.2, -0.15) is 0 Å². The first kappa shape index (κ1) is 14.5. The molecule has 106 valence electrons. The van der Waals surface area contributed by atoms with Gasteiger partial charge in [0.25, 0.3) is 0 Å². The maximum Gasteiger partial charge on any atom is 0.0820 e. The molecule has 0 saturated heterocycles. The molecule has 1 aromatic rings. The molecule has 0 bridgehead atoms. The highest BCUT2D eigenvalue weighted by Crippen LogP contribution is 2.42. The first-order valence-electron chi connectivity index (χ1n) is 7.49. The van der Waals surface area contributed by atoms with Crippen molar-refractivity contribution in [2.24, 2.45) is 0 Å². The second-order valence-corrected chi connectivity index (χ2v) is 5.70. The van der Waals surface area contributed by atoms with Crippen molar-refractivity contribution in [2.75, 3.05) is 7.11 Å². The molecular formula is C17H26O2. The Morgan fingerprint density at radius 2 is 2.00 bits per heavy atom. The zero-order valence-corrected chi connectivity index (χ0v) is 12.4. The Kier molecular flexibility index (Phi) is 4.64. The standard InChI is InChI=1S/C17H26O2/c1-4-13-7-8-14(5-2)15(11-13)16(18)12-17(19-3)9-6-10-17/h7-8,11,16,18H,4-6,9-10,12H2,1-3H3. The molecule has 0 aliphatic heterocycles. The Bertz CT molecular complexity index is 416. The van der Waals surface area contributed by atoms with Crippen LogP contribution >= 0.6 is 0 Å². The second-order valence-electron chi connectivity index (χ2n) is 5.70. The van der Waals surface area contributed by atoms with Gasteiger partial charge in [-0.15, -0.1) is 0 Å².